The highest BCUT2D eigenvalue weighted by Gasteiger charge is 2.21. The second-order valence-corrected chi connectivity index (χ2v) is 7.70. The van der Waals surface area contributed by atoms with Gasteiger partial charge >= 0.3 is 0 Å². The number of nitrogens with one attached hydrogen (secondary N) is 2. The van der Waals surface area contributed by atoms with Gasteiger partial charge < -0.3 is 15.2 Å². The molecule has 0 radical (unpaired) electrons. The van der Waals surface area contributed by atoms with Crippen LogP contribution in [0.3, 0.4) is 0 Å². The Kier molecular flexibility index (Phi) is 6.53. The van der Waals surface area contributed by atoms with Crippen LogP contribution in [0.25, 0.3) is 0 Å². The summed E-state index contributed by atoms with van der Waals surface area (Å²) >= 11 is 0. The SMILES string of the molecule is COc1ccc(S(=O)(=O)N[C@@H](C)CO)cc1C(=O)Nc1ccc(F)c(C)c1. The molecular formula is C18H21FN2O5S. The lowest BCUT2D eigenvalue weighted by atomic mass is 10.1. The molecular weight excluding hydrogens is 375 g/mol. The third-order valence-corrected chi connectivity index (χ3v) is 5.36. The van der Waals surface area contributed by atoms with Gasteiger partial charge in [-0.25, -0.2) is 17.5 Å². The van der Waals surface area contributed by atoms with Gasteiger partial charge in [0.15, 0.2) is 0 Å². The minimum atomic E-state index is -3.93. The molecule has 146 valence electrons. The van der Waals surface area contributed by atoms with E-state index in [2.05, 4.69) is 10.0 Å². The van der Waals surface area contributed by atoms with Crippen molar-refractivity contribution in [3.63, 3.8) is 0 Å². The zero-order chi connectivity index (χ0) is 20.2. The quantitative estimate of drug-likeness (QED) is 0.664. The molecule has 0 aromatic heterocycles. The fourth-order valence-corrected chi connectivity index (χ4v) is 3.58. The van der Waals surface area contributed by atoms with Crippen LogP contribution in [0.4, 0.5) is 10.1 Å². The zero-order valence-electron chi connectivity index (χ0n) is 15.1. The van der Waals surface area contributed by atoms with Gasteiger partial charge in [0.1, 0.15) is 11.6 Å². The van der Waals surface area contributed by atoms with Crippen molar-refractivity contribution in [3.8, 4) is 5.75 Å². The van der Waals surface area contributed by atoms with Crippen LogP contribution in [0, 0.1) is 12.7 Å². The zero-order valence-corrected chi connectivity index (χ0v) is 15.9. The Hall–Kier alpha value is -2.49. The van der Waals surface area contributed by atoms with Crippen molar-refractivity contribution >= 4 is 21.6 Å². The number of amides is 1. The van der Waals surface area contributed by atoms with Crippen molar-refractivity contribution in [3.05, 3.63) is 53.3 Å². The largest absolute Gasteiger partial charge is 0.496 e. The molecule has 1 amide bonds. The molecule has 0 aliphatic rings. The summed E-state index contributed by atoms with van der Waals surface area (Å²) in [4.78, 5) is 12.5. The average Bonchev–Trinajstić information content (AvgIpc) is 2.63. The Labute approximate surface area is 157 Å². The number of anilines is 1. The van der Waals surface area contributed by atoms with E-state index in [9.17, 15) is 17.6 Å². The first-order valence-corrected chi connectivity index (χ1v) is 9.55. The van der Waals surface area contributed by atoms with Crippen molar-refractivity contribution in [2.75, 3.05) is 19.0 Å². The summed E-state index contributed by atoms with van der Waals surface area (Å²) in [7, 11) is -2.58. The number of aliphatic hydroxyl groups is 1. The maximum atomic E-state index is 13.4. The monoisotopic (exact) mass is 396 g/mol. The van der Waals surface area contributed by atoms with E-state index in [0.717, 1.165) is 0 Å². The van der Waals surface area contributed by atoms with Crippen molar-refractivity contribution in [2.24, 2.45) is 0 Å². The number of hydrogen-bond acceptors (Lipinski definition) is 5. The maximum Gasteiger partial charge on any atom is 0.259 e. The molecule has 27 heavy (non-hydrogen) atoms. The van der Waals surface area contributed by atoms with Gasteiger partial charge in [0, 0.05) is 11.7 Å². The summed E-state index contributed by atoms with van der Waals surface area (Å²) in [6.07, 6.45) is 0. The van der Waals surface area contributed by atoms with Crippen LogP contribution >= 0.6 is 0 Å². The number of ether oxygens (including phenoxy) is 1. The van der Waals surface area contributed by atoms with Crippen LogP contribution in [0.15, 0.2) is 41.3 Å². The van der Waals surface area contributed by atoms with Gasteiger partial charge in [0.25, 0.3) is 5.91 Å². The average molecular weight is 396 g/mol. The molecule has 0 saturated heterocycles. The molecule has 0 heterocycles. The summed E-state index contributed by atoms with van der Waals surface area (Å²) in [6, 6.07) is 7.24. The molecule has 7 nitrogen and oxygen atoms in total. The topological polar surface area (TPSA) is 105 Å². The number of sulfonamides is 1. The normalized spacial score (nSPS) is 12.5. The fourth-order valence-electron chi connectivity index (χ4n) is 2.32. The van der Waals surface area contributed by atoms with Crippen LogP contribution in [0.2, 0.25) is 0 Å². The Balaban J connectivity index is 2.36. The summed E-state index contributed by atoms with van der Waals surface area (Å²) in [5, 5.41) is 11.6. The lowest BCUT2D eigenvalue weighted by molar-refractivity contribution is 0.102. The minimum Gasteiger partial charge on any atom is -0.496 e. The molecule has 0 fully saturated rings. The number of benzene rings is 2. The predicted octanol–water partition coefficient (Wildman–Crippen LogP) is 2.05. The van der Waals surface area contributed by atoms with Gasteiger partial charge in [-0.3, -0.25) is 4.79 Å². The molecule has 9 heteroatoms. The summed E-state index contributed by atoms with van der Waals surface area (Å²) < 4.78 is 45.6. The van der Waals surface area contributed by atoms with Crippen molar-refractivity contribution in [2.45, 2.75) is 24.8 Å². The van der Waals surface area contributed by atoms with Gasteiger partial charge in [0.05, 0.1) is 24.2 Å². The number of carbonyl (C=O) groups is 1. The van der Waals surface area contributed by atoms with Gasteiger partial charge in [-0.2, -0.15) is 0 Å². The molecule has 2 rings (SSSR count). The van der Waals surface area contributed by atoms with Crippen LogP contribution < -0.4 is 14.8 Å². The number of carbonyl (C=O) groups excluding carboxylic acids is 1. The predicted molar refractivity (Wildman–Crippen MR) is 99.0 cm³/mol. The Morgan fingerprint density at radius 1 is 1.26 bits per heavy atom. The van der Waals surface area contributed by atoms with E-state index < -0.39 is 27.8 Å². The second-order valence-electron chi connectivity index (χ2n) is 5.99. The highest BCUT2D eigenvalue weighted by molar-refractivity contribution is 7.89. The summed E-state index contributed by atoms with van der Waals surface area (Å²) in [5.41, 5.74) is 0.721. The highest BCUT2D eigenvalue weighted by Crippen LogP contribution is 2.24. The molecule has 0 bridgehead atoms. The van der Waals surface area contributed by atoms with Gasteiger partial charge in [-0.1, -0.05) is 0 Å². The van der Waals surface area contributed by atoms with Gasteiger partial charge in [-0.15, -0.1) is 0 Å². The molecule has 0 saturated carbocycles. The smallest absolute Gasteiger partial charge is 0.259 e. The molecule has 2 aromatic rings. The number of halogens is 1. The molecule has 0 unspecified atom stereocenters. The number of aliphatic hydroxyl groups excluding tert-OH is 1. The summed E-state index contributed by atoms with van der Waals surface area (Å²) in [6.45, 7) is 2.70. The highest BCUT2D eigenvalue weighted by atomic mass is 32.2. The first-order chi connectivity index (χ1) is 12.7. The minimum absolute atomic E-state index is 0.000922. The lowest BCUT2D eigenvalue weighted by Crippen LogP contribution is -2.35. The van der Waals surface area contributed by atoms with Gasteiger partial charge in [0.2, 0.25) is 10.0 Å². The van der Waals surface area contributed by atoms with E-state index in [1.807, 2.05) is 0 Å². The van der Waals surface area contributed by atoms with Crippen molar-refractivity contribution in [1.29, 1.82) is 0 Å². The van der Waals surface area contributed by atoms with Crippen molar-refractivity contribution < 1.29 is 27.4 Å². The van der Waals surface area contributed by atoms with Crippen LogP contribution in [0.5, 0.6) is 5.75 Å². The second kappa shape index (κ2) is 8.47. The Bertz CT molecular complexity index is 947. The summed E-state index contributed by atoms with van der Waals surface area (Å²) in [5.74, 6) is -0.826. The van der Waals surface area contributed by atoms with E-state index in [1.165, 1.54) is 50.4 Å². The number of hydrogen-bond donors (Lipinski definition) is 3. The Morgan fingerprint density at radius 3 is 2.56 bits per heavy atom. The van der Waals surface area contributed by atoms with E-state index in [0.29, 0.717) is 11.3 Å². The number of aryl methyl sites for hydroxylation is 1. The number of methoxy groups -OCH3 is 1. The van der Waals surface area contributed by atoms with Crippen molar-refractivity contribution in [1.82, 2.24) is 4.72 Å². The molecule has 2 aromatic carbocycles. The molecule has 3 N–H and O–H groups in total. The van der Waals surface area contributed by atoms with Crippen LogP contribution in [-0.2, 0) is 10.0 Å². The first-order valence-electron chi connectivity index (χ1n) is 8.06. The molecule has 0 aliphatic heterocycles. The van der Waals surface area contributed by atoms with E-state index >= 15 is 0 Å². The van der Waals surface area contributed by atoms with E-state index in [-0.39, 0.29) is 22.8 Å². The maximum absolute atomic E-state index is 13.4. The van der Waals surface area contributed by atoms with E-state index in [4.69, 9.17) is 9.84 Å². The molecule has 1 atom stereocenters. The number of rotatable bonds is 7. The Morgan fingerprint density at radius 2 is 1.96 bits per heavy atom. The standard InChI is InChI=1S/C18H21FN2O5S/c1-11-8-13(4-6-16(11)19)20-18(23)15-9-14(5-7-17(15)26-3)27(24,25)21-12(2)10-22/h4-9,12,21-22H,10H2,1-3H3,(H,20,23)/t12-/m0/s1. The van der Waals surface area contributed by atoms with Crippen LogP contribution in [0.1, 0.15) is 22.8 Å². The lowest BCUT2D eigenvalue weighted by Gasteiger charge is -2.14. The van der Waals surface area contributed by atoms with Gasteiger partial charge in [-0.05, 0) is 55.8 Å². The molecule has 0 spiro atoms. The fraction of sp³-hybridized carbons (Fsp3) is 0.278. The third-order valence-electron chi connectivity index (χ3n) is 3.77. The van der Waals surface area contributed by atoms with Crippen LogP contribution in [-0.4, -0.2) is 39.2 Å². The molecule has 0 aliphatic carbocycles. The van der Waals surface area contributed by atoms with E-state index in [1.54, 1.807) is 6.92 Å². The third kappa shape index (κ3) is 5.03. The first kappa shape index (κ1) is 20.8.